The summed E-state index contributed by atoms with van der Waals surface area (Å²) >= 11 is 0. The Morgan fingerprint density at radius 2 is 2.35 bits per heavy atom. The second kappa shape index (κ2) is 4.79. The molecule has 5 heteroatoms. The number of anilines is 1. The first-order chi connectivity index (χ1) is 8.13. The van der Waals surface area contributed by atoms with Gasteiger partial charge >= 0.3 is 5.97 Å². The second-order valence-electron chi connectivity index (χ2n) is 4.59. The Balaban J connectivity index is 2.25. The Labute approximate surface area is 101 Å². The van der Waals surface area contributed by atoms with Gasteiger partial charge in [0.25, 0.3) is 0 Å². The fourth-order valence-electron chi connectivity index (χ4n) is 2.59. The van der Waals surface area contributed by atoms with Crippen molar-refractivity contribution < 1.29 is 9.90 Å². The maximum Gasteiger partial charge on any atom is 0.326 e. The number of carboxylic acids is 1. The smallest absolute Gasteiger partial charge is 0.326 e. The van der Waals surface area contributed by atoms with E-state index in [1.807, 2.05) is 42.0 Å². The van der Waals surface area contributed by atoms with Gasteiger partial charge in [0, 0.05) is 32.0 Å². The van der Waals surface area contributed by atoms with Gasteiger partial charge in [-0.3, -0.25) is 0 Å². The minimum absolute atomic E-state index is 0.267. The minimum Gasteiger partial charge on any atom is -0.480 e. The van der Waals surface area contributed by atoms with Crippen molar-refractivity contribution >= 4 is 11.7 Å². The van der Waals surface area contributed by atoms with Gasteiger partial charge in [-0.25, -0.2) is 4.79 Å². The van der Waals surface area contributed by atoms with Crippen LogP contribution in [0.1, 0.15) is 12.8 Å². The van der Waals surface area contributed by atoms with Crippen LogP contribution in [0.25, 0.3) is 0 Å². The van der Waals surface area contributed by atoms with Crippen molar-refractivity contribution in [2.24, 2.45) is 7.05 Å². The predicted octanol–water partition coefficient (Wildman–Crippen LogP) is 0.666. The number of nitrogens with zero attached hydrogens (tertiary/aromatic N) is 2. The van der Waals surface area contributed by atoms with Gasteiger partial charge in [-0.2, -0.15) is 0 Å². The molecule has 1 aliphatic heterocycles. The number of likely N-dealkylation sites (N-methyl/N-ethyl adjacent to an activating group) is 1. The lowest BCUT2D eigenvalue weighted by molar-refractivity contribution is -0.138. The Hall–Kier alpha value is -1.49. The van der Waals surface area contributed by atoms with Gasteiger partial charge in [-0.1, -0.05) is 0 Å². The molecule has 94 valence electrons. The van der Waals surface area contributed by atoms with Gasteiger partial charge in [-0.05, 0) is 26.0 Å². The number of carbonyl (C=O) groups is 1. The van der Waals surface area contributed by atoms with Gasteiger partial charge in [-0.15, -0.1) is 0 Å². The van der Waals surface area contributed by atoms with E-state index in [0.29, 0.717) is 0 Å². The van der Waals surface area contributed by atoms with Crippen LogP contribution < -0.4 is 10.2 Å². The fourth-order valence-corrected chi connectivity index (χ4v) is 2.59. The number of nitrogens with one attached hydrogen (secondary N) is 1. The number of aryl methyl sites for hydroxylation is 1. The third-order valence-corrected chi connectivity index (χ3v) is 3.34. The molecule has 2 heterocycles. The van der Waals surface area contributed by atoms with E-state index in [1.54, 1.807) is 0 Å². The molecule has 17 heavy (non-hydrogen) atoms. The molecule has 1 aromatic heterocycles. The van der Waals surface area contributed by atoms with Crippen LogP contribution in [-0.4, -0.2) is 41.3 Å². The van der Waals surface area contributed by atoms with Gasteiger partial charge in [0.15, 0.2) is 0 Å². The zero-order valence-electron chi connectivity index (χ0n) is 10.3. The molecule has 0 aliphatic carbocycles. The molecular formula is C12H19N3O2. The molecule has 2 rings (SSSR count). The minimum atomic E-state index is -0.729. The lowest BCUT2D eigenvalue weighted by atomic mass is 10.2. The van der Waals surface area contributed by atoms with E-state index >= 15 is 0 Å². The molecule has 0 bridgehead atoms. The van der Waals surface area contributed by atoms with Crippen LogP contribution in [-0.2, 0) is 11.8 Å². The zero-order valence-corrected chi connectivity index (χ0v) is 10.3. The summed E-state index contributed by atoms with van der Waals surface area (Å²) in [6, 6.07) is 1.85. The van der Waals surface area contributed by atoms with Crippen LogP contribution in [0.5, 0.6) is 0 Å². The first kappa shape index (κ1) is 12.0. The number of rotatable bonds is 4. The van der Waals surface area contributed by atoms with Crippen molar-refractivity contribution in [2.45, 2.75) is 24.9 Å². The molecule has 1 aliphatic rings. The van der Waals surface area contributed by atoms with Crippen LogP contribution in [0.2, 0.25) is 0 Å². The van der Waals surface area contributed by atoms with E-state index in [0.717, 1.165) is 25.1 Å². The van der Waals surface area contributed by atoms with E-state index in [9.17, 15) is 9.90 Å². The number of aliphatic carboxylic acids is 1. The van der Waals surface area contributed by atoms with Gasteiger partial charge in [0.1, 0.15) is 6.04 Å². The zero-order chi connectivity index (χ0) is 12.4. The summed E-state index contributed by atoms with van der Waals surface area (Å²) in [5.74, 6) is -0.729. The Bertz CT molecular complexity index is 402. The van der Waals surface area contributed by atoms with Crippen LogP contribution >= 0.6 is 0 Å². The second-order valence-corrected chi connectivity index (χ2v) is 4.59. The molecule has 1 fully saturated rings. The van der Waals surface area contributed by atoms with Gasteiger partial charge in [0.05, 0.1) is 5.69 Å². The highest BCUT2D eigenvalue weighted by molar-refractivity contribution is 5.79. The average molecular weight is 237 g/mol. The molecule has 0 spiro atoms. The molecule has 1 saturated heterocycles. The largest absolute Gasteiger partial charge is 0.480 e. The SMILES string of the molecule is CNC[C@@H]1CC[C@H](C(=O)O)N1c1ccn(C)c1. The number of aromatic nitrogens is 1. The topological polar surface area (TPSA) is 57.5 Å². The van der Waals surface area contributed by atoms with Crippen LogP contribution in [0.15, 0.2) is 18.5 Å². The molecule has 2 N–H and O–H groups in total. The highest BCUT2D eigenvalue weighted by atomic mass is 16.4. The predicted molar refractivity (Wildman–Crippen MR) is 66.3 cm³/mol. The Morgan fingerprint density at radius 1 is 1.59 bits per heavy atom. The van der Waals surface area contributed by atoms with Crippen molar-refractivity contribution in [2.75, 3.05) is 18.5 Å². The lowest BCUT2D eigenvalue weighted by Gasteiger charge is -2.29. The van der Waals surface area contributed by atoms with E-state index in [-0.39, 0.29) is 6.04 Å². The number of hydrogen-bond acceptors (Lipinski definition) is 3. The van der Waals surface area contributed by atoms with Crippen molar-refractivity contribution in [1.82, 2.24) is 9.88 Å². The lowest BCUT2D eigenvalue weighted by Crippen LogP contribution is -2.44. The number of carboxylic acid groups (broad SMARTS) is 1. The molecule has 5 nitrogen and oxygen atoms in total. The van der Waals surface area contributed by atoms with E-state index in [2.05, 4.69) is 5.32 Å². The first-order valence-electron chi connectivity index (χ1n) is 5.91. The Kier molecular flexibility index (Phi) is 3.38. The Morgan fingerprint density at radius 3 is 2.88 bits per heavy atom. The van der Waals surface area contributed by atoms with Crippen LogP contribution in [0, 0.1) is 0 Å². The summed E-state index contributed by atoms with van der Waals surface area (Å²) in [6.45, 7) is 0.818. The molecule has 2 atom stereocenters. The molecule has 1 aromatic rings. The van der Waals surface area contributed by atoms with E-state index < -0.39 is 12.0 Å². The maximum atomic E-state index is 11.3. The summed E-state index contributed by atoms with van der Waals surface area (Å²) in [5.41, 5.74) is 0.998. The van der Waals surface area contributed by atoms with Crippen LogP contribution in [0.4, 0.5) is 5.69 Å². The molecule has 0 saturated carbocycles. The summed E-state index contributed by atoms with van der Waals surface area (Å²) < 4.78 is 1.95. The van der Waals surface area contributed by atoms with E-state index in [1.165, 1.54) is 0 Å². The third-order valence-electron chi connectivity index (χ3n) is 3.34. The maximum absolute atomic E-state index is 11.3. The van der Waals surface area contributed by atoms with Gasteiger partial charge in [0.2, 0.25) is 0 Å². The summed E-state index contributed by atoms with van der Waals surface area (Å²) in [6.07, 6.45) is 5.57. The first-order valence-corrected chi connectivity index (χ1v) is 5.91. The normalized spacial score (nSPS) is 24.2. The third kappa shape index (κ3) is 2.29. The van der Waals surface area contributed by atoms with Crippen molar-refractivity contribution in [3.63, 3.8) is 0 Å². The van der Waals surface area contributed by atoms with Gasteiger partial charge < -0.3 is 19.9 Å². The van der Waals surface area contributed by atoms with Crippen LogP contribution in [0.3, 0.4) is 0 Å². The summed E-state index contributed by atoms with van der Waals surface area (Å²) in [5, 5.41) is 12.4. The van der Waals surface area contributed by atoms with E-state index in [4.69, 9.17) is 0 Å². The quantitative estimate of drug-likeness (QED) is 0.808. The standard InChI is InChI=1S/C12H19N3O2/c1-13-7-9-3-4-11(12(16)17)15(9)10-5-6-14(2)8-10/h5-6,8-9,11,13H,3-4,7H2,1-2H3,(H,16,17)/t9-,11+/m0/s1. The average Bonchev–Trinajstić information content (AvgIpc) is 2.84. The summed E-state index contributed by atoms with van der Waals surface area (Å²) in [7, 11) is 3.85. The molecular weight excluding hydrogens is 218 g/mol. The molecule has 0 unspecified atom stereocenters. The van der Waals surface area contributed by atoms with Crippen molar-refractivity contribution in [3.8, 4) is 0 Å². The monoisotopic (exact) mass is 237 g/mol. The molecule has 0 aromatic carbocycles. The molecule has 0 radical (unpaired) electrons. The van der Waals surface area contributed by atoms with Crippen molar-refractivity contribution in [1.29, 1.82) is 0 Å². The van der Waals surface area contributed by atoms with Crippen molar-refractivity contribution in [3.05, 3.63) is 18.5 Å². The highest BCUT2D eigenvalue weighted by Gasteiger charge is 2.37. The fraction of sp³-hybridized carbons (Fsp3) is 0.583. The molecule has 0 amide bonds. The summed E-state index contributed by atoms with van der Waals surface area (Å²) in [4.78, 5) is 13.3. The highest BCUT2D eigenvalue weighted by Crippen LogP contribution is 2.30. The number of hydrogen-bond donors (Lipinski definition) is 2.